The minimum atomic E-state index is -0.947. The second-order valence-electron chi connectivity index (χ2n) is 4.42. The second kappa shape index (κ2) is 4.75. The van der Waals surface area contributed by atoms with Gasteiger partial charge < -0.3 is 15.1 Å². The van der Waals surface area contributed by atoms with Gasteiger partial charge in [-0.05, 0) is 18.8 Å². The van der Waals surface area contributed by atoms with Crippen molar-refractivity contribution >= 4 is 11.8 Å². The van der Waals surface area contributed by atoms with Crippen LogP contribution in [0.3, 0.4) is 0 Å². The molecule has 6 heteroatoms. The number of aryl methyl sites for hydroxylation is 1. The smallest absolute Gasteiger partial charge is 0.341 e. The number of carboxylic acid groups (broad SMARTS) is 1. The Morgan fingerprint density at radius 2 is 2.18 bits per heavy atom. The molecule has 2 N–H and O–H groups in total. The largest absolute Gasteiger partial charge is 0.477 e. The van der Waals surface area contributed by atoms with Crippen LogP contribution < -0.4 is 4.90 Å². The monoisotopic (exact) mass is 239 g/mol. The molecule has 94 valence electrons. The molecule has 0 radical (unpaired) electrons. The molecule has 1 saturated heterocycles. The molecule has 0 aromatic carbocycles. The third kappa shape index (κ3) is 2.26. The summed E-state index contributed by atoms with van der Waals surface area (Å²) in [6, 6.07) is 0. The number of rotatable bonds is 3. The zero-order valence-electron chi connectivity index (χ0n) is 9.83. The van der Waals surface area contributed by atoms with E-state index in [1.165, 1.54) is 6.20 Å². The van der Waals surface area contributed by atoms with Crippen LogP contribution in [0.4, 0.5) is 5.82 Å². The summed E-state index contributed by atoms with van der Waals surface area (Å²) < 4.78 is 1.60. The van der Waals surface area contributed by atoms with Crippen molar-refractivity contribution < 1.29 is 15.0 Å². The van der Waals surface area contributed by atoms with Gasteiger partial charge in [0.2, 0.25) is 0 Å². The highest BCUT2D eigenvalue weighted by Crippen LogP contribution is 2.25. The van der Waals surface area contributed by atoms with E-state index in [0.717, 1.165) is 25.9 Å². The Morgan fingerprint density at radius 3 is 2.71 bits per heavy atom. The van der Waals surface area contributed by atoms with Crippen LogP contribution in [-0.4, -0.2) is 45.7 Å². The van der Waals surface area contributed by atoms with E-state index < -0.39 is 5.97 Å². The maximum atomic E-state index is 11.1. The number of aliphatic hydroxyl groups is 1. The zero-order valence-corrected chi connectivity index (χ0v) is 9.83. The molecule has 0 unspecified atom stereocenters. The molecule has 1 fully saturated rings. The first-order chi connectivity index (χ1) is 8.13. The van der Waals surface area contributed by atoms with E-state index in [-0.39, 0.29) is 12.2 Å². The summed E-state index contributed by atoms with van der Waals surface area (Å²) in [5.74, 6) is 0.0547. The van der Waals surface area contributed by atoms with Gasteiger partial charge in [0.1, 0.15) is 11.4 Å². The predicted octanol–water partition coefficient (Wildman–Crippen LogP) is 0.327. The van der Waals surface area contributed by atoms with Crippen LogP contribution in [0, 0.1) is 5.92 Å². The summed E-state index contributed by atoms with van der Waals surface area (Å²) in [6.07, 6.45) is 3.16. The molecular formula is C11H17N3O3. The number of aromatic carboxylic acids is 1. The van der Waals surface area contributed by atoms with Crippen molar-refractivity contribution in [1.29, 1.82) is 0 Å². The summed E-state index contributed by atoms with van der Waals surface area (Å²) in [7, 11) is 1.75. The first-order valence-corrected chi connectivity index (χ1v) is 5.74. The number of carbonyl (C=O) groups is 1. The third-order valence-electron chi connectivity index (χ3n) is 3.31. The van der Waals surface area contributed by atoms with Gasteiger partial charge in [0, 0.05) is 26.7 Å². The van der Waals surface area contributed by atoms with E-state index in [4.69, 9.17) is 10.2 Å². The molecule has 2 heterocycles. The van der Waals surface area contributed by atoms with E-state index in [0.29, 0.717) is 11.7 Å². The van der Waals surface area contributed by atoms with Gasteiger partial charge >= 0.3 is 5.97 Å². The zero-order chi connectivity index (χ0) is 12.4. The molecule has 0 spiro atoms. The first-order valence-electron chi connectivity index (χ1n) is 5.74. The number of aliphatic hydroxyl groups excluding tert-OH is 1. The summed E-state index contributed by atoms with van der Waals surface area (Å²) in [6.45, 7) is 1.75. The number of aromatic nitrogens is 2. The van der Waals surface area contributed by atoms with E-state index >= 15 is 0 Å². The standard InChI is InChI=1S/C11H17N3O3/c1-13-10(9(6-12-13)11(16)17)14-4-2-8(7-15)3-5-14/h6,8,15H,2-5,7H2,1H3,(H,16,17). The van der Waals surface area contributed by atoms with Crippen molar-refractivity contribution in [3.05, 3.63) is 11.8 Å². The van der Waals surface area contributed by atoms with Crippen LogP contribution in [0.25, 0.3) is 0 Å². The van der Waals surface area contributed by atoms with Gasteiger partial charge in [0.05, 0.1) is 6.20 Å². The van der Waals surface area contributed by atoms with Crippen molar-refractivity contribution in [3.8, 4) is 0 Å². The summed E-state index contributed by atoms with van der Waals surface area (Å²) in [4.78, 5) is 13.1. The summed E-state index contributed by atoms with van der Waals surface area (Å²) in [5.41, 5.74) is 0.245. The Bertz CT molecular complexity index is 408. The van der Waals surface area contributed by atoms with Gasteiger partial charge in [0.25, 0.3) is 0 Å². The summed E-state index contributed by atoms with van der Waals surface area (Å²) in [5, 5.41) is 22.2. The molecule has 1 aliphatic rings. The van der Waals surface area contributed by atoms with Crippen LogP contribution >= 0.6 is 0 Å². The fourth-order valence-corrected chi connectivity index (χ4v) is 2.28. The molecule has 6 nitrogen and oxygen atoms in total. The van der Waals surface area contributed by atoms with Crippen molar-refractivity contribution in [1.82, 2.24) is 9.78 Å². The van der Waals surface area contributed by atoms with Crippen LogP contribution in [0.5, 0.6) is 0 Å². The molecule has 1 aliphatic heterocycles. The number of hydrogen-bond acceptors (Lipinski definition) is 4. The summed E-state index contributed by atoms with van der Waals surface area (Å²) >= 11 is 0. The average Bonchev–Trinajstić information content (AvgIpc) is 2.71. The Morgan fingerprint density at radius 1 is 1.53 bits per heavy atom. The predicted molar refractivity (Wildman–Crippen MR) is 62.2 cm³/mol. The highest BCUT2D eigenvalue weighted by atomic mass is 16.4. The van der Waals surface area contributed by atoms with Gasteiger partial charge in [-0.2, -0.15) is 5.10 Å². The fourth-order valence-electron chi connectivity index (χ4n) is 2.28. The molecule has 0 amide bonds. The lowest BCUT2D eigenvalue weighted by Crippen LogP contribution is -2.36. The highest BCUT2D eigenvalue weighted by Gasteiger charge is 2.25. The van der Waals surface area contributed by atoms with Gasteiger partial charge in [-0.25, -0.2) is 4.79 Å². The van der Waals surface area contributed by atoms with E-state index in [9.17, 15) is 4.79 Å². The van der Waals surface area contributed by atoms with Gasteiger partial charge in [-0.1, -0.05) is 0 Å². The molecule has 2 rings (SSSR count). The van der Waals surface area contributed by atoms with Crippen LogP contribution in [-0.2, 0) is 7.05 Å². The Labute approximate surface area is 99.5 Å². The number of nitrogens with zero attached hydrogens (tertiary/aromatic N) is 3. The van der Waals surface area contributed by atoms with Crippen molar-refractivity contribution in [2.45, 2.75) is 12.8 Å². The highest BCUT2D eigenvalue weighted by molar-refractivity contribution is 5.93. The maximum Gasteiger partial charge on any atom is 0.341 e. The van der Waals surface area contributed by atoms with E-state index in [1.54, 1.807) is 11.7 Å². The van der Waals surface area contributed by atoms with Crippen molar-refractivity contribution in [2.75, 3.05) is 24.6 Å². The minimum absolute atomic E-state index is 0.213. The normalized spacial score (nSPS) is 17.4. The van der Waals surface area contributed by atoms with Gasteiger partial charge in [-0.3, -0.25) is 4.68 Å². The van der Waals surface area contributed by atoms with Gasteiger partial charge in [0.15, 0.2) is 0 Å². The van der Waals surface area contributed by atoms with Crippen LogP contribution in [0.2, 0.25) is 0 Å². The molecular weight excluding hydrogens is 222 g/mol. The number of carboxylic acids is 1. The topological polar surface area (TPSA) is 78.6 Å². The lowest BCUT2D eigenvalue weighted by Gasteiger charge is -2.32. The lowest BCUT2D eigenvalue weighted by atomic mass is 9.98. The molecule has 0 bridgehead atoms. The Hall–Kier alpha value is -1.56. The third-order valence-corrected chi connectivity index (χ3v) is 3.31. The van der Waals surface area contributed by atoms with E-state index in [1.807, 2.05) is 4.90 Å². The average molecular weight is 239 g/mol. The van der Waals surface area contributed by atoms with Gasteiger partial charge in [-0.15, -0.1) is 0 Å². The first kappa shape index (κ1) is 11.9. The molecule has 17 heavy (non-hydrogen) atoms. The molecule has 0 aliphatic carbocycles. The number of hydrogen-bond donors (Lipinski definition) is 2. The van der Waals surface area contributed by atoms with E-state index in [2.05, 4.69) is 5.10 Å². The Balaban J connectivity index is 2.18. The van der Waals surface area contributed by atoms with Crippen molar-refractivity contribution in [3.63, 3.8) is 0 Å². The minimum Gasteiger partial charge on any atom is -0.477 e. The molecule has 1 aromatic heterocycles. The second-order valence-corrected chi connectivity index (χ2v) is 4.42. The number of piperidine rings is 1. The molecule has 0 saturated carbocycles. The Kier molecular flexibility index (Phi) is 3.33. The van der Waals surface area contributed by atoms with Crippen LogP contribution in [0.1, 0.15) is 23.2 Å². The molecule has 0 atom stereocenters. The molecule has 1 aromatic rings. The number of anilines is 1. The SMILES string of the molecule is Cn1ncc(C(=O)O)c1N1CCC(CO)CC1. The van der Waals surface area contributed by atoms with Crippen LogP contribution in [0.15, 0.2) is 6.20 Å². The fraction of sp³-hybridized carbons (Fsp3) is 0.636. The van der Waals surface area contributed by atoms with Crippen molar-refractivity contribution in [2.24, 2.45) is 13.0 Å². The maximum absolute atomic E-state index is 11.1. The lowest BCUT2D eigenvalue weighted by molar-refractivity contribution is 0.0697. The quantitative estimate of drug-likeness (QED) is 0.794.